The minimum atomic E-state index is 0.211. The van der Waals surface area contributed by atoms with Crippen molar-refractivity contribution in [1.29, 1.82) is 0 Å². The lowest BCUT2D eigenvalue weighted by Gasteiger charge is -2.20. The molecule has 3 aromatic carbocycles. The highest BCUT2D eigenvalue weighted by Gasteiger charge is 2.14. The van der Waals surface area contributed by atoms with E-state index in [2.05, 4.69) is 88.8 Å². The van der Waals surface area contributed by atoms with Crippen molar-refractivity contribution >= 4 is 26.7 Å². The van der Waals surface area contributed by atoms with Crippen LogP contribution < -0.4 is 5.32 Å². The number of halogens is 1. The highest BCUT2D eigenvalue weighted by molar-refractivity contribution is 9.10. The second-order valence-corrected chi connectivity index (χ2v) is 6.24. The van der Waals surface area contributed by atoms with Crippen LogP contribution in [0.2, 0.25) is 0 Å². The van der Waals surface area contributed by atoms with Gasteiger partial charge in [0.2, 0.25) is 0 Å². The minimum Gasteiger partial charge on any atom is -0.309 e. The second-order valence-electron chi connectivity index (χ2n) is 5.33. The normalized spacial score (nSPS) is 12.5. The third kappa shape index (κ3) is 2.87. The standard InChI is InChI=1S/C19H18BrN/c1-13-11-17(20)9-10-18(13)19(21-2)16-8-7-14-5-3-4-6-15(14)12-16/h3-12,19,21H,1-2H3. The van der Waals surface area contributed by atoms with Crippen LogP contribution in [0, 0.1) is 6.92 Å². The summed E-state index contributed by atoms with van der Waals surface area (Å²) < 4.78 is 1.12. The molecule has 0 saturated carbocycles. The zero-order valence-electron chi connectivity index (χ0n) is 12.2. The number of nitrogens with one attached hydrogen (secondary N) is 1. The van der Waals surface area contributed by atoms with Gasteiger partial charge in [-0.25, -0.2) is 0 Å². The Morgan fingerprint density at radius 1 is 0.905 bits per heavy atom. The Hall–Kier alpha value is -1.64. The van der Waals surface area contributed by atoms with Crippen LogP contribution in [0.1, 0.15) is 22.7 Å². The Labute approximate surface area is 134 Å². The lowest BCUT2D eigenvalue weighted by molar-refractivity contribution is 0.688. The Balaban J connectivity index is 2.09. The van der Waals surface area contributed by atoms with Gasteiger partial charge < -0.3 is 5.32 Å². The van der Waals surface area contributed by atoms with Crippen molar-refractivity contribution in [2.75, 3.05) is 7.05 Å². The fourth-order valence-electron chi connectivity index (χ4n) is 2.85. The Bertz CT molecular complexity index is 779. The molecule has 0 radical (unpaired) electrons. The summed E-state index contributed by atoms with van der Waals surface area (Å²) in [4.78, 5) is 0. The van der Waals surface area contributed by atoms with Crippen LogP contribution in [0.25, 0.3) is 10.8 Å². The third-order valence-electron chi connectivity index (χ3n) is 3.94. The number of hydrogen-bond donors (Lipinski definition) is 1. The maximum Gasteiger partial charge on any atom is 0.0577 e. The number of fused-ring (bicyclic) bond motifs is 1. The van der Waals surface area contributed by atoms with Crippen molar-refractivity contribution < 1.29 is 0 Å². The van der Waals surface area contributed by atoms with E-state index in [0.29, 0.717) is 0 Å². The van der Waals surface area contributed by atoms with Gasteiger partial charge in [-0.1, -0.05) is 58.4 Å². The van der Waals surface area contributed by atoms with Crippen LogP contribution in [-0.4, -0.2) is 7.05 Å². The van der Waals surface area contributed by atoms with Gasteiger partial charge in [0, 0.05) is 4.47 Å². The first kappa shape index (κ1) is 14.3. The molecule has 1 unspecified atom stereocenters. The number of benzene rings is 3. The Morgan fingerprint density at radius 2 is 1.67 bits per heavy atom. The van der Waals surface area contributed by atoms with Crippen LogP contribution in [0.4, 0.5) is 0 Å². The molecule has 0 aliphatic rings. The van der Waals surface area contributed by atoms with E-state index in [9.17, 15) is 0 Å². The summed E-state index contributed by atoms with van der Waals surface area (Å²) in [6.07, 6.45) is 0. The van der Waals surface area contributed by atoms with Gasteiger partial charge in [0.1, 0.15) is 0 Å². The molecule has 3 aromatic rings. The van der Waals surface area contributed by atoms with Crippen LogP contribution in [0.15, 0.2) is 65.1 Å². The molecular formula is C19H18BrN. The van der Waals surface area contributed by atoms with Gasteiger partial charge in [-0.15, -0.1) is 0 Å². The van der Waals surface area contributed by atoms with E-state index in [1.807, 2.05) is 7.05 Å². The van der Waals surface area contributed by atoms with E-state index in [0.717, 1.165) is 4.47 Å². The topological polar surface area (TPSA) is 12.0 Å². The summed E-state index contributed by atoms with van der Waals surface area (Å²) in [6, 6.07) is 21.8. The maximum atomic E-state index is 3.54. The largest absolute Gasteiger partial charge is 0.309 e. The van der Waals surface area contributed by atoms with E-state index >= 15 is 0 Å². The van der Waals surface area contributed by atoms with E-state index in [1.165, 1.54) is 27.5 Å². The monoisotopic (exact) mass is 339 g/mol. The molecule has 0 amide bonds. The van der Waals surface area contributed by atoms with Crippen molar-refractivity contribution in [3.8, 4) is 0 Å². The highest BCUT2D eigenvalue weighted by atomic mass is 79.9. The molecule has 0 aromatic heterocycles. The van der Waals surface area contributed by atoms with Crippen LogP contribution in [0.5, 0.6) is 0 Å². The first-order chi connectivity index (χ1) is 10.2. The summed E-state index contributed by atoms with van der Waals surface area (Å²) >= 11 is 3.54. The maximum absolute atomic E-state index is 3.54. The molecule has 0 aliphatic carbocycles. The molecule has 0 spiro atoms. The van der Waals surface area contributed by atoms with Gasteiger partial charge in [-0.3, -0.25) is 0 Å². The van der Waals surface area contributed by atoms with Gasteiger partial charge in [0.05, 0.1) is 6.04 Å². The zero-order valence-corrected chi connectivity index (χ0v) is 13.8. The zero-order chi connectivity index (χ0) is 14.8. The lowest BCUT2D eigenvalue weighted by atomic mass is 9.93. The molecule has 0 saturated heterocycles. The van der Waals surface area contributed by atoms with Crippen molar-refractivity contribution in [2.24, 2.45) is 0 Å². The highest BCUT2D eigenvalue weighted by Crippen LogP contribution is 2.28. The molecule has 106 valence electrons. The lowest BCUT2D eigenvalue weighted by Crippen LogP contribution is -2.18. The quantitative estimate of drug-likeness (QED) is 0.689. The van der Waals surface area contributed by atoms with Crippen LogP contribution >= 0.6 is 15.9 Å². The Kier molecular flexibility index (Phi) is 4.09. The summed E-state index contributed by atoms with van der Waals surface area (Å²) in [5.74, 6) is 0. The van der Waals surface area contributed by atoms with Gasteiger partial charge >= 0.3 is 0 Å². The Morgan fingerprint density at radius 3 is 2.38 bits per heavy atom. The van der Waals surface area contributed by atoms with Gasteiger partial charge in [0.15, 0.2) is 0 Å². The van der Waals surface area contributed by atoms with Crippen molar-refractivity contribution in [2.45, 2.75) is 13.0 Å². The van der Waals surface area contributed by atoms with Crippen LogP contribution in [0.3, 0.4) is 0 Å². The number of aryl methyl sites for hydroxylation is 1. The van der Waals surface area contributed by atoms with Gasteiger partial charge in [-0.2, -0.15) is 0 Å². The SMILES string of the molecule is CNC(c1ccc2ccccc2c1)c1ccc(Br)cc1C. The van der Waals surface area contributed by atoms with Crippen LogP contribution in [-0.2, 0) is 0 Å². The smallest absolute Gasteiger partial charge is 0.0577 e. The minimum absolute atomic E-state index is 0.211. The van der Waals surface area contributed by atoms with E-state index < -0.39 is 0 Å². The summed E-state index contributed by atoms with van der Waals surface area (Å²) in [7, 11) is 2.02. The summed E-state index contributed by atoms with van der Waals surface area (Å²) in [5, 5.41) is 6.01. The first-order valence-electron chi connectivity index (χ1n) is 7.11. The predicted octanol–water partition coefficient (Wildman–Crippen LogP) is 5.22. The molecule has 1 nitrogen and oxygen atoms in total. The average Bonchev–Trinajstić information content (AvgIpc) is 2.50. The summed E-state index contributed by atoms with van der Waals surface area (Å²) in [5.41, 5.74) is 3.90. The first-order valence-corrected chi connectivity index (χ1v) is 7.90. The molecule has 3 rings (SSSR count). The molecule has 0 heterocycles. The molecule has 0 aliphatic heterocycles. The van der Waals surface area contributed by atoms with Gasteiger partial charge in [-0.05, 0) is 59.6 Å². The molecular weight excluding hydrogens is 322 g/mol. The average molecular weight is 340 g/mol. The predicted molar refractivity (Wildman–Crippen MR) is 93.7 cm³/mol. The molecule has 1 atom stereocenters. The molecule has 0 bridgehead atoms. The van der Waals surface area contributed by atoms with Gasteiger partial charge in [0.25, 0.3) is 0 Å². The molecule has 1 N–H and O–H groups in total. The van der Waals surface area contributed by atoms with Crippen molar-refractivity contribution in [1.82, 2.24) is 5.32 Å². The molecule has 0 fully saturated rings. The number of rotatable bonds is 3. The fourth-order valence-corrected chi connectivity index (χ4v) is 3.33. The second kappa shape index (κ2) is 6.00. The van der Waals surface area contributed by atoms with Crippen molar-refractivity contribution in [3.05, 3.63) is 81.8 Å². The fraction of sp³-hybridized carbons (Fsp3) is 0.158. The van der Waals surface area contributed by atoms with Crippen molar-refractivity contribution in [3.63, 3.8) is 0 Å². The number of hydrogen-bond acceptors (Lipinski definition) is 1. The van der Waals surface area contributed by atoms with E-state index in [-0.39, 0.29) is 6.04 Å². The summed E-state index contributed by atoms with van der Waals surface area (Å²) in [6.45, 7) is 2.16. The van der Waals surface area contributed by atoms with E-state index in [1.54, 1.807) is 0 Å². The van der Waals surface area contributed by atoms with E-state index in [4.69, 9.17) is 0 Å². The third-order valence-corrected chi connectivity index (χ3v) is 4.43. The molecule has 21 heavy (non-hydrogen) atoms. The molecule has 2 heteroatoms.